The van der Waals surface area contributed by atoms with Gasteiger partial charge < -0.3 is 7.77 Å². The summed E-state index contributed by atoms with van der Waals surface area (Å²) in [7, 11) is 0. The van der Waals surface area contributed by atoms with Gasteiger partial charge in [0.15, 0.2) is 0 Å². The zero-order valence-electron chi connectivity index (χ0n) is 8.71. The van der Waals surface area contributed by atoms with Crippen LogP contribution in [0.1, 0.15) is 27.7 Å². The SMILES string of the molecule is CC[N](CC)[Al][N](CC)CC.Cl. The smallest absolute Gasteiger partial charge is 0.378 e. The first-order chi connectivity index (χ1) is 5.28. The third-order valence-electron chi connectivity index (χ3n) is 1.95. The van der Waals surface area contributed by atoms with E-state index in [2.05, 4.69) is 35.5 Å². The van der Waals surface area contributed by atoms with Gasteiger partial charge in [0, 0.05) is 0 Å². The van der Waals surface area contributed by atoms with Crippen LogP contribution in [0.15, 0.2) is 0 Å². The van der Waals surface area contributed by atoms with Gasteiger partial charge >= 0.3 is 15.7 Å². The maximum Gasteiger partial charge on any atom is 0.455 e. The molecule has 0 heterocycles. The molecule has 4 heteroatoms. The maximum absolute atomic E-state index is 2.52. The maximum atomic E-state index is 2.52. The van der Waals surface area contributed by atoms with Crippen molar-refractivity contribution in [2.24, 2.45) is 0 Å². The molecular weight excluding hydrogens is 187 g/mol. The van der Waals surface area contributed by atoms with Gasteiger partial charge in [-0.2, -0.15) is 0 Å². The van der Waals surface area contributed by atoms with Gasteiger partial charge in [0.1, 0.15) is 0 Å². The van der Waals surface area contributed by atoms with Crippen LogP contribution in [0.25, 0.3) is 0 Å². The topological polar surface area (TPSA) is 6.48 Å². The average molecular weight is 208 g/mol. The first-order valence-corrected chi connectivity index (χ1v) is 5.64. The lowest BCUT2D eigenvalue weighted by Gasteiger charge is -2.25. The highest BCUT2D eigenvalue weighted by molar-refractivity contribution is 6.28. The molecule has 0 bridgehead atoms. The molecule has 1 radical (unpaired) electrons. The molecule has 0 amide bonds. The Hall–Kier alpha value is 0.742. The van der Waals surface area contributed by atoms with Crippen molar-refractivity contribution in [2.45, 2.75) is 27.7 Å². The Balaban J connectivity index is 0. The lowest BCUT2D eigenvalue weighted by molar-refractivity contribution is 0.401. The lowest BCUT2D eigenvalue weighted by Crippen LogP contribution is -2.41. The van der Waals surface area contributed by atoms with E-state index in [1.54, 1.807) is 0 Å². The second kappa shape index (κ2) is 9.83. The van der Waals surface area contributed by atoms with Crippen LogP contribution in [-0.4, -0.2) is 49.6 Å². The standard InChI is InChI=1S/2C4H10N.Al.ClH/c2*1-3-5-4-2;;/h2*3-4H2,1-2H3;;1H/q2*-1;+2;. The molecule has 2 nitrogen and oxygen atoms in total. The molecule has 0 unspecified atom stereocenters. The predicted molar refractivity (Wildman–Crippen MR) is 58.8 cm³/mol. The van der Waals surface area contributed by atoms with E-state index in [9.17, 15) is 0 Å². The van der Waals surface area contributed by atoms with Crippen molar-refractivity contribution in [3.05, 3.63) is 0 Å². The number of halogens is 1. The lowest BCUT2D eigenvalue weighted by atomic mass is 10.7. The van der Waals surface area contributed by atoms with Crippen LogP contribution in [0.2, 0.25) is 0 Å². The van der Waals surface area contributed by atoms with Gasteiger partial charge in [0.25, 0.3) is 0 Å². The molecule has 0 rings (SSSR count). The summed E-state index contributed by atoms with van der Waals surface area (Å²) in [6, 6.07) is 0. The molecular formula is C8H21AlClN2. The molecule has 0 saturated heterocycles. The van der Waals surface area contributed by atoms with Crippen molar-refractivity contribution in [1.29, 1.82) is 0 Å². The normalized spacial score (nSPS) is 10.2. The third-order valence-corrected chi connectivity index (χ3v) is 4.07. The van der Waals surface area contributed by atoms with Crippen molar-refractivity contribution >= 4 is 28.1 Å². The highest BCUT2D eigenvalue weighted by Crippen LogP contribution is 1.89. The van der Waals surface area contributed by atoms with Crippen molar-refractivity contribution < 1.29 is 0 Å². The Morgan fingerprint density at radius 2 is 1.00 bits per heavy atom. The summed E-state index contributed by atoms with van der Waals surface area (Å²) in [5.74, 6) is 0. The van der Waals surface area contributed by atoms with Crippen molar-refractivity contribution in [3.63, 3.8) is 0 Å². The molecule has 73 valence electrons. The fourth-order valence-electron chi connectivity index (χ4n) is 1.00. The minimum atomic E-state index is 0. The third kappa shape index (κ3) is 6.28. The minimum Gasteiger partial charge on any atom is -0.378 e. The van der Waals surface area contributed by atoms with Crippen LogP contribution in [0, 0.1) is 0 Å². The summed E-state index contributed by atoms with van der Waals surface area (Å²) in [6.45, 7) is 13.7. The molecule has 0 aromatic carbocycles. The van der Waals surface area contributed by atoms with Crippen LogP contribution < -0.4 is 0 Å². The van der Waals surface area contributed by atoms with Gasteiger partial charge in [-0.25, -0.2) is 0 Å². The van der Waals surface area contributed by atoms with E-state index in [1.807, 2.05) is 0 Å². The van der Waals surface area contributed by atoms with Crippen LogP contribution in [0.3, 0.4) is 0 Å². The average Bonchev–Trinajstić information content (AvgIpc) is 2.07. The highest BCUT2D eigenvalue weighted by atomic mass is 35.5. The molecule has 0 spiro atoms. The van der Waals surface area contributed by atoms with E-state index in [0.717, 1.165) is 0 Å². The second-order valence-electron chi connectivity index (χ2n) is 2.56. The highest BCUT2D eigenvalue weighted by Gasteiger charge is 2.08. The summed E-state index contributed by atoms with van der Waals surface area (Å²) in [5, 5.41) is 0. The Morgan fingerprint density at radius 3 is 1.17 bits per heavy atom. The number of hydrogen-bond acceptors (Lipinski definition) is 2. The quantitative estimate of drug-likeness (QED) is 0.611. The summed E-state index contributed by atoms with van der Waals surface area (Å²) >= 11 is 0.394. The Kier molecular flexibility index (Phi) is 12.5. The molecule has 0 aromatic rings. The molecule has 0 atom stereocenters. The minimum absolute atomic E-state index is 0. The number of rotatable bonds is 6. The molecule has 0 saturated carbocycles. The van der Waals surface area contributed by atoms with E-state index >= 15 is 0 Å². The van der Waals surface area contributed by atoms with Gasteiger partial charge in [0.05, 0.1) is 0 Å². The van der Waals surface area contributed by atoms with Crippen LogP contribution in [-0.2, 0) is 0 Å². The van der Waals surface area contributed by atoms with Crippen molar-refractivity contribution in [1.82, 2.24) is 7.77 Å². The van der Waals surface area contributed by atoms with Crippen molar-refractivity contribution in [2.75, 3.05) is 26.2 Å². The Morgan fingerprint density at radius 1 is 0.750 bits per heavy atom. The van der Waals surface area contributed by atoms with E-state index in [0.29, 0.717) is 15.7 Å². The summed E-state index contributed by atoms with van der Waals surface area (Å²) in [4.78, 5) is 0. The van der Waals surface area contributed by atoms with Gasteiger partial charge in [-0.1, -0.05) is 27.7 Å². The molecule has 0 aliphatic rings. The van der Waals surface area contributed by atoms with Crippen LogP contribution in [0.5, 0.6) is 0 Å². The fraction of sp³-hybridized carbons (Fsp3) is 1.00. The van der Waals surface area contributed by atoms with Gasteiger partial charge in [-0.3, -0.25) is 0 Å². The van der Waals surface area contributed by atoms with Gasteiger partial charge in [-0.15, -0.1) is 12.4 Å². The molecule has 12 heavy (non-hydrogen) atoms. The van der Waals surface area contributed by atoms with Crippen LogP contribution >= 0.6 is 12.4 Å². The van der Waals surface area contributed by atoms with Gasteiger partial charge in [-0.05, 0) is 26.2 Å². The molecule has 0 aromatic heterocycles. The predicted octanol–water partition coefficient (Wildman–Crippen LogP) is 1.63. The van der Waals surface area contributed by atoms with Gasteiger partial charge in [0.2, 0.25) is 0 Å². The molecule has 0 aliphatic heterocycles. The van der Waals surface area contributed by atoms with E-state index in [1.165, 1.54) is 26.2 Å². The summed E-state index contributed by atoms with van der Waals surface area (Å²) < 4.78 is 5.04. The fourth-order valence-corrected chi connectivity index (χ4v) is 2.12. The van der Waals surface area contributed by atoms with Crippen LogP contribution in [0.4, 0.5) is 0 Å². The molecule has 0 N–H and O–H groups in total. The zero-order chi connectivity index (χ0) is 8.69. The van der Waals surface area contributed by atoms with E-state index < -0.39 is 0 Å². The molecule has 0 fully saturated rings. The first kappa shape index (κ1) is 15.2. The monoisotopic (exact) mass is 207 g/mol. The summed E-state index contributed by atoms with van der Waals surface area (Å²) in [6.07, 6.45) is 0. The summed E-state index contributed by atoms with van der Waals surface area (Å²) in [5.41, 5.74) is 0. The van der Waals surface area contributed by atoms with Crippen molar-refractivity contribution in [3.8, 4) is 0 Å². The number of hydrogen-bond donors (Lipinski definition) is 0. The zero-order valence-corrected chi connectivity index (χ0v) is 10.7. The Bertz CT molecular complexity index is 75.1. The van der Waals surface area contributed by atoms with E-state index in [-0.39, 0.29) is 12.4 Å². The first-order valence-electron chi connectivity index (χ1n) is 4.61. The van der Waals surface area contributed by atoms with E-state index in [4.69, 9.17) is 0 Å². The second-order valence-corrected chi connectivity index (χ2v) is 4.25. The Labute approximate surface area is 89.9 Å². The molecule has 0 aliphatic carbocycles. The number of nitrogens with zero attached hydrogens (tertiary/aromatic N) is 2. The largest absolute Gasteiger partial charge is 0.455 e.